The van der Waals surface area contributed by atoms with Crippen LogP contribution in [0.4, 0.5) is 5.69 Å². The van der Waals surface area contributed by atoms with Gasteiger partial charge < -0.3 is 15.1 Å². The number of aryl methyl sites for hydroxylation is 1. The number of hydrogen-bond acceptors (Lipinski definition) is 4. The van der Waals surface area contributed by atoms with Crippen molar-refractivity contribution >= 4 is 29.1 Å². The molecular weight excluding hydrogens is 388 g/mol. The Balaban J connectivity index is 1.36. The molecule has 7 heteroatoms. The van der Waals surface area contributed by atoms with Gasteiger partial charge in [-0.2, -0.15) is 0 Å². The zero-order chi connectivity index (χ0) is 20.4. The standard InChI is InChI=1S/C22H31ClN4O2/c1-16-6-7-17(23)14-19(16)25-10-12-26(13-11-25)21(28)15-20-22(29)24-8-9-27(20)18-4-2-3-5-18/h6-7,14,18,20H,2-5,8-13,15H2,1H3,(H,24,29). The molecular formula is C22H31ClN4O2. The molecule has 3 fully saturated rings. The number of piperazine rings is 2. The van der Waals surface area contributed by atoms with Gasteiger partial charge in [-0.15, -0.1) is 0 Å². The topological polar surface area (TPSA) is 55.9 Å². The molecule has 0 spiro atoms. The summed E-state index contributed by atoms with van der Waals surface area (Å²) in [6, 6.07) is 6.09. The van der Waals surface area contributed by atoms with Gasteiger partial charge >= 0.3 is 0 Å². The smallest absolute Gasteiger partial charge is 0.237 e. The van der Waals surface area contributed by atoms with Crippen LogP contribution in [0.2, 0.25) is 5.02 Å². The van der Waals surface area contributed by atoms with Crippen LogP contribution in [0.3, 0.4) is 0 Å². The van der Waals surface area contributed by atoms with Crippen molar-refractivity contribution in [2.45, 2.75) is 51.1 Å². The van der Waals surface area contributed by atoms with Gasteiger partial charge in [-0.3, -0.25) is 14.5 Å². The SMILES string of the molecule is Cc1ccc(Cl)cc1N1CCN(C(=O)CC2C(=O)NCCN2C2CCCC2)CC1. The van der Waals surface area contributed by atoms with Crippen molar-refractivity contribution < 1.29 is 9.59 Å². The van der Waals surface area contributed by atoms with Crippen molar-refractivity contribution in [3.63, 3.8) is 0 Å². The minimum Gasteiger partial charge on any atom is -0.368 e. The van der Waals surface area contributed by atoms with E-state index in [0.717, 1.165) is 43.2 Å². The van der Waals surface area contributed by atoms with E-state index < -0.39 is 0 Å². The maximum Gasteiger partial charge on any atom is 0.237 e. The van der Waals surface area contributed by atoms with Gasteiger partial charge in [-0.05, 0) is 37.5 Å². The van der Waals surface area contributed by atoms with E-state index in [9.17, 15) is 9.59 Å². The van der Waals surface area contributed by atoms with Gasteiger partial charge in [0.2, 0.25) is 11.8 Å². The number of nitrogens with one attached hydrogen (secondary N) is 1. The molecule has 4 rings (SSSR count). The third-order valence-corrected chi connectivity index (χ3v) is 6.91. The van der Waals surface area contributed by atoms with Gasteiger partial charge in [-0.25, -0.2) is 0 Å². The first kappa shape index (κ1) is 20.5. The second-order valence-corrected chi connectivity index (χ2v) is 8.92. The number of hydrogen-bond donors (Lipinski definition) is 1. The van der Waals surface area contributed by atoms with Crippen LogP contribution in [-0.2, 0) is 9.59 Å². The highest BCUT2D eigenvalue weighted by Gasteiger charge is 2.37. The summed E-state index contributed by atoms with van der Waals surface area (Å²) in [5.41, 5.74) is 2.34. The number of nitrogens with zero attached hydrogens (tertiary/aromatic N) is 3. The number of carbonyl (C=O) groups excluding carboxylic acids is 2. The molecule has 6 nitrogen and oxygen atoms in total. The second-order valence-electron chi connectivity index (χ2n) is 8.49. The average Bonchev–Trinajstić information content (AvgIpc) is 3.26. The molecule has 0 aromatic heterocycles. The number of anilines is 1. The number of amides is 2. The van der Waals surface area contributed by atoms with Crippen LogP contribution in [0.1, 0.15) is 37.7 Å². The zero-order valence-electron chi connectivity index (χ0n) is 17.2. The highest BCUT2D eigenvalue weighted by molar-refractivity contribution is 6.30. The molecule has 2 aliphatic heterocycles. The third kappa shape index (κ3) is 4.53. The molecule has 1 N–H and O–H groups in total. The minimum absolute atomic E-state index is 0.0182. The molecule has 29 heavy (non-hydrogen) atoms. The number of carbonyl (C=O) groups is 2. The van der Waals surface area contributed by atoms with E-state index in [-0.39, 0.29) is 17.9 Å². The molecule has 2 saturated heterocycles. The monoisotopic (exact) mass is 418 g/mol. The second kappa shape index (κ2) is 8.92. The molecule has 0 bridgehead atoms. The molecule has 0 radical (unpaired) electrons. The molecule has 1 unspecified atom stereocenters. The molecule has 2 heterocycles. The Morgan fingerprint density at radius 1 is 1.14 bits per heavy atom. The Labute approximate surface area is 178 Å². The summed E-state index contributed by atoms with van der Waals surface area (Å²) in [6.45, 7) is 6.58. The van der Waals surface area contributed by atoms with E-state index in [1.807, 2.05) is 23.1 Å². The Kier molecular flexibility index (Phi) is 6.30. The maximum atomic E-state index is 13.0. The van der Waals surface area contributed by atoms with E-state index in [0.29, 0.717) is 32.1 Å². The van der Waals surface area contributed by atoms with E-state index >= 15 is 0 Å². The molecule has 1 aromatic rings. The summed E-state index contributed by atoms with van der Waals surface area (Å²) >= 11 is 6.17. The Bertz CT molecular complexity index is 757. The minimum atomic E-state index is -0.312. The van der Waals surface area contributed by atoms with Crippen molar-refractivity contribution in [3.8, 4) is 0 Å². The summed E-state index contributed by atoms with van der Waals surface area (Å²) in [7, 11) is 0. The lowest BCUT2D eigenvalue weighted by molar-refractivity contribution is -0.140. The van der Waals surface area contributed by atoms with Crippen molar-refractivity contribution in [1.29, 1.82) is 0 Å². The largest absolute Gasteiger partial charge is 0.368 e. The predicted molar refractivity (Wildman–Crippen MR) is 115 cm³/mol. The van der Waals surface area contributed by atoms with Crippen LogP contribution in [0.15, 0.2) is 18.2 Å². The zero-order valence-corrected chi connectivity index (χ0v) is 18.0. The fourth-order valence-electron chi connectivity index (χ4n) is 5.03. The van der Waals surface area contributed by atoms with E-state index in [2.05, 4.69) is 22.0 Å². The van der Waals surface area contributed by atoms with Crippen LogP contribution in [0.25, 0.3) is 0 Å². The molecule has 1 aromatic carbocycles. The average molecular weight is 419 g/mol. The molecule has 1 aliphatic carbocycles. The first-order chi connectivity index (χ1) is 14.0. The summed E-state index contributed by atoms with van der Waals surface area (Å²) in [6.07, 6.45) is 5.05. The van der Waals surface area contributed by atoms with Crippen LogP contribution >= 0.6 is 11.6 Å². The Morgan fingerprint density at radius 3 is 2.59 bits per heavy atom. The first-order valence-corrected chi connectivity index (χ1v) is 11.2. The molecule has 1 atom stereocenters. The predicted octanol–water partition coefficient (Wildman–Crippen LogP) is 2.43. The van der Waals surface area contributed by atoms with Gasteiger partial charge in [0.1, 0.15) is 0 Å². The lowest BCUT2D eigenvalue weighted by atomic mass is 10.0. The lowest BCUT2D eigenvalue weighted by Gasteiger charge is -2.41. The van der Waals surface area contributed by atoms with Gasteiger partial charge in [-0.1, -0.05) is 30.5 Å². The summed E-state index contributed by atoms with van der Waals surface area (Å²) in [5.74, 6) is 0.113. The molecule has 158 valence electrons. The fraction of sp³-hybridized carbons (Fsp3) is 0.636. The van der Waals surface area contributed by atoms with Crippen molar-refractivity contribution in [2.75, 3.05) is 44.2 Å². The van der Waals surface area contributed by atoms with Crippen LogP contribution in [-0.4, -0.2) is 73.0 Å². The van der Waals surface area contributed by atoms with E-state index in [4.69, 9.17) is 11.6 Å². The normalized spacial score (nSPS) is 24.1. The summed E-state index contributed by atoms with van der Waals surface area (Å²) in [5, 5.41) is 3.70. The quantitative estimate of drug-likeness (QED) is 0.815. The van der Waals surface area contributed by atoms with Crippen molar-refractivity contribution in [3.05, 3.63) is 28.8 Å². The van der Waals surface area contributed by atoms with Gasteiger partial charge in [0.15, 0.2) is 0 Å². The molecule has 3 aliphatic rings. The Hall–Kier alpha value is -1.79. The van der Waals surface area contributed by atoms with Crippen LogP contribution in [0.5, 0.6) is 0 Å². The number of rotatable bonds is 4. The first-order valence-electron chi connectivity index (χ1n) is 10.9. The van der Waals surface area contributed by atoms with E-state index in [1.165, 1.54) is 18.4 Å². The van der Waals surface area contributed by atoms with Gasteiger partial charge in [0.05, 0.1) is 12.5 Å². The number of halogens is 1. The maximum absolute atomic E-state index is 13.0. The summed E-state index contributed by atoms with van der Waals surface area (Å²) < 4.78 is 0. The van der Waals surface area contributed by atoms with Crippen LogP contribution in [0, 0.1) is 6.92 Å². The highest BCUT2D eigenvalue weighted by Crippen LogP contribution is 2.28. The highest BCUT2D eigenvalue weighted by atomic mass is 35.5. The summed E-state index contributed by atoms with van der Waals surface area (Å²) in [4.78, 5) is 32.1. The van der Waals surface area contributed by atoms with Crippen molar-refractivity contribution in [2.24, 2.45) is 0 Å². The Morgan fingerprint density at radius 2 is 1.86 bits per heavy atom. The fourth-order valence-corrected chi connectivity index (χ4v) is 5.20. The van der Waals surface area contributed by atoms with Gasteiger partial charge in [0, 0.05) is 56.0 Å². The third-order valence-electron chi connectivity index (χ3n) is 6.68. The van der Waals surface area contributed by atoms with E-state index in [1.54, 1.807) is 0 Å². The number of benzene rings is 1. The van der Waals surface area contributed by atoms with Crippen molar-refractivity contribution in [1.82, 2.24) is 15.1 Å². The van der Waals surface area contributed by atoms with Crippen LogP contribution < -0.4 is 10.2 Å². The molecule has 1 saturated carbocycles. The van der Waals surface area contributed by atoms with Gasteiger partial charge in [0.25, 0.3) is 0 Å². The lowest BCUT2D eigenvalue weighted by Crippen LogP contribution is -2.59. The molecule has 2 amide bonds.